The molecular weight excluding hydrogens is 318 g/mol. The molecule has 1 aromatic carbocycles. The van der Waals surface area contributed by atoms with Crippen LogP contribution in [-0.4, -0.2) is 28.2 Å². The van der Waals surface area contributed by atoms with Crippen molar-refractivity contribution >= 4 is 11.7 Å². The van der Waals surface area contributed by atoms with Gasteiger partial charge in [0, 0.05) is 6.54 Å². The normalized spacial score (nSPS) is 17.4. The van der Waals surface area contributed by atoms with Gasteiger partial charge in [-0.3, -0.25) is 9.59 Å². The topological polar surface area (TPSA) is 70.8 Å². The molecule has 1 atom stereocenters. The molecule has 1 aliphatic heterocycles. The molecule has 0 aliphatic carbocycles. The maximum Gasteiger partial charge on any atom is 0.290 e. The zero-order valence-corrected chi connectivity index (χ0v) is 14.4. The van der Waals surface area contributed by atoms with Crippen molar-refractivity contribution in [2.45, 2.75) is 32.7 Å². The molecule has 1 aromatic heterocycles. The van der Waals surface area contributed by atoms with E-state index in [1.807, 2.05) is 38.1 Å². The number of amides is 1. The third kappa shape index (κ3) is 2.97. The van der Waals surface area contributed by atoms with E-state index in [9.17, 15) is 14.7 Å². The fraction of sp³-hybridized carbons (Fsp3) is 0.300. The molecule has 0 radical (unpaired) electrons. The molecule has 5 heteroatoms. The highest BCUT2D eigenvalue weighted by Gasteiger charge is 2.44. The number of carbonyl (C=O) groups is 2. The van der Waals surface area contributed by atoms with Gasteiger partial charge >= 0.3 is 0 Å². The Morgan fingerprint density at radius 3 is 2.64 bits per heavy atom. The summed E-state index contributed by atoms with van der Waals surface area (Å²) in [7, 11) is 0. The molecule has 1 N–H and O–H groups in total. The van der Waals surface area contributed by atoms with E-state index in [0.717, 1.165) is 24.0 Å². The van der Waals surface area contributed by atoms with Gasteiger partial charge in [0.2, 0.25) is 5.78 Å². The van der Waals surface area contributed by atoms with E-state index in [0.29, 0.717) is 6.54 Å². The van der Waals surface area contributed by atoms with Crippen LogP contribution in [0.25, 0.3) is 0 Å². The Labute approximate surface area is 146 Å². The maximum absolute atomic E-state index is 12.9. The number of aliphatic hydroxyl groups excluding tert-OH is 1. The molecule has 3 rings (SSSR count). The molecule has 1 unspecified atom stereocenters. The lowest BCUT2D eigenvalue weighted by Crippen LogP contribution is -2.32. The number of rotatable bonds is 6. The lowest BCUT2D eigenvalue weighted by molar-refractivity contribution is -0.129. The van der Waals surface area contributed by atoms with E-state index in [1.54, 1.807) is 11.0 Å². The standard InChI is InChI=1S/C20H21NO4/c1-3-4-11-21-17(14-9-6-5-8-13(14)2)16(19(23)20(21)24)18(22)15-10-7-12-25-15/h5-10,12,17,23H,3-4,11H2,1-2H3. The molecule has 0 spiro atoms. The molecule has 2 heterocycles. The second-order valence-electron chi connectivity index (χ2n) is 6.18. The number of hydrogen-bond donors (Lipinski definition) is 1. The van der Waals surface area contributed by atoms with E-state index in [-0.39, 0.29) is 11.3 Å². The zero-order chi connectivity index (χ0) is 18.0. The number of aliphatic hydroxyl groups is 1. The first kappa shape index (κ1) is 17.0. The van der Waals surface area contributed by atoms with Gasteiger partial charge in [0.15, 0.2) is 11.5 Å². The summed E-state index contributed by atoms with van der Waals surface area (Å²) in [4.78, 5) is 27.1. The van der Waals surface area contributed by atoms with Crippen molar-refractivity contribution in [1.29, 1.82) is 0 Å². The Balaban J connectivity index is 2.10. The molecule has 1 amide bonds. The predicted octanol–water partition coefficient (Wildman–Crippen LogP) is 3.97. The first-order valence-electron chi connectivity index (χ1n) is 8.44. The number of furan rings is 1. The smallest absolute Gasteiger partial charge is 0.290 e. The Morgan fingerprint density at radius 2 is 2.00 bits per heavy atom. The Bertz CT molecular complexity index is 820. The van der Waals surface area contributed by atoms with Gasteiger partial charge in [0.1, 0.15) is 0 Å². The van der Waals surface area contributed by atoms with Gasteiger partial charge in [0.05, 0.1) is 17.9 Å². The zero-order valence-electron chi connectivity index (χ0n) is 14.4. The number of aryl methyl sites for hydroxylation is 1. The summed E-state index contributed by atoms with van der Waals surface area (Å²) < 4.78 is 5.20. The van der Waals surface area contributed by atoms with Gasteiger partial charge in [-0.2, -0.15) is 0 Å². The average Bonchev–Trinajstić information content (AvgIpc) is 3.22. The maximum atomic E-state index is 12.9. The van der Waals surface area contributed by atoms with E-state index < -0.39 is 23.5 Å². The van der Waals surface area contributed by atoms with Crippen LogP contribution in [0.3, 0.4) is 0 Å². The van der Waals surface area contributed by atoms with Crippen molar-refractivity contribution in [3.8, 4) is 0 Å². The van der Waals surface area contributed by atoms with E-state index in [2.05, 4.69) is 0 Å². The fourth-order valence-corrected chi connectivity index (χ4v) is 3.20. The van der Waals surface area contributed by atoms with Crippen molar-refractivity contribution in [3.05, 3.63) is 70.9 Å². The highest BCUT2D eigenvalue weighted by Crippen LogP contribution is 2.40. The van der Waals surface area contributed by atoms with Gasteiger partial charge < -0.3 is 14.4 Å². The van der Waals surface area contributed by atoms with Crippen LogP contribution in [-0.2, 0) is 4.79 Å². The summed E-state index contributed by atoms with van der Waals surface area (Å²) in [5.74, 6) is -1.32. The minimum absolute atomic E-state index is 0.0883. The number of unbranched alkanes of at least 4 members (excludes halogenated alkanes) is 1. The third-order valence-electron chi connectivity index (χ3n) is 4.53. The number of Topliss-reactive ketones (excluding diaryl/α,β-unsaturated/α-hetero) is 1. The molecule has 0 bridgehead atoms. The number of nitrogens with zero attached hydrogens (tertiary/aromatic N) is 1. The lowest BCUT2D eigenvalue weighted by Gasteiger charge is -2.27. The molecule has 130 valence electrons. The molecule has 2 aromatic rings. The number of benzene rings is 1. The van der Waals surface area contributed by atoms with Gasteiger partial charge in [-0.15, -0.1) is 0 Å². The Hall–Kier alpha value is -2.82. The van der Waals surface area contributed by atoms with E-state index >= 15 is 0 Å². The van der Waals surface area contributed by atoms with Crippen LogP contribution < -0.4 is 0 Å². The number of hydrogen-bond acceptors (Lipinski definition) is 4. The van der Waals surface area contributed by atoms with Crippen LogP contribution in [0.5, 0.6) is 0 Å². The number of ketones is 1. The molecule has 25 heavy (non-hydrogen) atoms. The highest BCUT2D eigenvalue weighted by molar-refractivity contribution is 6.15. The van der Waals surface area contributed by atoms with Gasteiger partial charge in [-0.05, 0) is 36.6 Å². The molecular formula is C20H21NO4. The average molecular weight is 339 g/mol. The quantitative estimate of drug-likeness (QED) is 0.809. The van der Waals surface area contributed by atoms with Crippen molar-refractivity contribution < 1.29 is 19.1 Å². The second-order valence-corrected chi connectivity index (χ2v) is 6.18. The summed E-state index contributed by atoms with van der Waals surface area (Å²) in [6, 6.07) is 10.1. The molecule has 0 fully saturated rings. The van der Waals surface area contributed by atoms with E-state index in [4.69, 9.17) is 4.42 Å². The largest absolute Gasteiger partial charge is 0.503 e. The molecule has 5 nitrogen and oxygen atoms in total. The minimum Gasteiger partial charge on any atom is -0.503 e. The number of carbonyl (C=O) groups excluding carboxylic acids is 2. The minimum atomic E-state index is -0.599. The Kier molecular flexibility index (Phi) is 4.74. The fourth-order valence-electron chi connectivity index (χ4n) is 3.20. The summed E-state index contributed by atoms with van der Waals surface area (Å²) in [6.07, 6.45) is 3.11. The van der Waals surface area contributed by atoms with Crippen LogP contribution in [0.15, 0.2) is 58.4 Å². The summed E-state index contributed by atoms with van der Waals surface area (Å²) in [5.41, 5.74) is 1.89. The molecule has 0 saturated carbocycles. The van der Waals surface area contributed by atoms with Crippen LogP contribution in [0.1, 0.15) is 47.5 Å². The van der Waals surface area contributed by atoms with Gasteiger partial charge in [-0.25, -0.2) is 0 Å². The van der Waals surface area contributed by atoms with Gasteiger partial charge in [0.25, 0.3) is 5.91 Å². The first-order valence-corrected chi connectivity index (χ1v) is 8.44. The van der Waals surface area contributed by atoms with Crippen LogP contribution in [0.4, 0.5) is 0 Å². The van der Waals surface area contributed by atoms with Crippen molar-refractivity contribution in [2.75, 3.05) is 6.54 Å². The monoisotopic (exact) mass is 339 g/mol. The second kappa shape index (κ2) is 6.97. The molecule has 1 aliphatic rings. The SMILES string of the molecule is CCCCN1C(=O)C(O)=C(C(=O)c2ccco2)C1c1ccccc1C. The van der Waals surface area contributed by atoms with Crippen molar-refractivity contribution in [3.63, 3.8) is 0 Å². The summed E-state index contributed by atoms with van der Waals surface area (Å²) in [6.45, 7) is 4.45. The first-order chi connectivity index (χ1) is 12.1. The van der Waals surface area contributed by atoms with Crippen LogP contribution in [0, 0.1) is 6.92 Å². The lowest BCUT2D eigenvalue weighted by atomic mass is 9.92. The Morgan fingerprint density at radius 1 is 1.24 bits per heavy atom. The third-order valence-corrected chi connectivity index (χ3v) is 4.53. The van der Waals surface area contributed by atoms with Crippen molar-refractivity contribution in [2.24, 2.45) is 0 Å². The van der Waals surface area contributed by atoms with E-state index in [1.165, 1.54) is 12.3 Å². The van der Waals surface area contributed by atoms with Crippen LogP contribution >= 0.6 is 0 Å². The van der Waals surface area contributed by atoms with Gasteiger partial charge in [-0.1, -0.05) is 37.6 Å². The predicted molar refractivity (Wildman–Crippen MR) is 93.2 cm³/mol. The molecule has 0 saturated heterocycles. The summed E-state index contributed by atoms with van der Waals surface area (Å²) in [5, 5.41) is 10.4. The van der Waals surface area contributed by atoms with Crippen molar-refractivity contribution in [1.82, 2.24) is 4.90 Å². The van der Waals surface area contributed by atoms with Crippen LogP contribution in [0.2, 0.25) is 0 Å². The summed E-state index contributed by atoms with van der Waals surface area (Å²) >= 11 is 0. The highest BCUT2D eigenvalue weighted by atomic mass is 16.3.